The molecule has 7 nitrogen and oxygen atoms in total. The number of imidazole rings is 1. The van der Waals surface area contributed by atoms with Crippen molar-refractivity contribution in [1.29, 1.82) is 0 Å². The standard InChI is InChI=1S/C19H22N4O3/c1-22(2)12-15-18(21-17-7-5-6-10-23(15)17)19(24)20-14-11-13(25-3)8-9-16(14)26-4/h5-11H,12H2,1-4H3,(H,20,24). The number of rotatable bonds is 6. The Bertz CT molecular complexity index is 934. The Morgan fingerprint density at radius 2 is 2.00 bits per heavy atom. The van der Waals surface area contributed by atoms with Crippen LogP contribution >= 0.6 is 0 Å². The molecule has 1 aromatic carbocycles. The number of pyridine rings is 1. The van der Waals surface area contributed by atoms with Crippen molar-refractivity contribution in [3.05, 3.63) is 54.0 Å². The van der Waals surface area contributed by atoms with Crippen molar-refractivity contribution in [2.45, 2.75) is 6.54 Å². The topological polar surface area (TPSA) is 68.1 Å². The molecule has 0 aliphatic carbocycles. The van der Waals surface area contributed by atoms with Gasteiger partial charge in [-0.25, -0.2) is 4.98 Å². The third-order valence-corrected chi connectivity index (χ3v) is 3.96. The first-order valence-corrected chi connectivity index (χ1v) is 8.17. The second-order valence-corrected chi connectivity index (χ2v) is 6.09. The summed E-state index contributed by atoms with van der Waals surface area (Å²) in [6.07, 6.45) is 1.91. The molecule has 0 fully saturated rings. The van der Waals surface area contributed by atoms with E-state index in [4.69, 9.17) is 9.47 Å². The molecule has 0 radical (unpaired) electrons. The van der Waals surface area contributed by atoms with Gasteiger partial charge in [0, 0.05) is 18.8 Å². The highest BCUT2D eigenvalue weighted by Crippen LogP contribution is 2.29. The molecule has 136 valence electrons. The summed E-state index contributed by atoms with van der Waals surface area (Å²) < 4.78 is 12.5. The zero-order valence-electron chi connectivity index (χ0n) is 15.3. The van der Waals surface area contributed by atoms with Crippen molar-refractivity contribution in [3.63, 3.8) is 0 Å². The highest BCUT2D eigenvalue weighted by molar-refractivity contribution is 6.05. The fourth-order valence-electron chi connectivity index (χ4n) is 2.77. The lowest BCUT2D eigenvalue weighted by molar-refractivity contribution is 0.102. The van der Waals surface area contributed by atoms with Crippen LogP contribution in [0.5, 0.6) is 11.5 Å². The van der Waals surface area contributed by atoms with Crippen molar-refractivity contribution < 1.29 is 14.3 Å². The van der Waals surface area contributed by atoms with Crippen LogP contribution in [-0.2, 0) is 6.54 Å². The number of fused-ring (bicyclic) bond motifs is 1. The maximum absolute atomic E-state index is 13.0. The Morgan fingerprint density at radius 1 is 1.19 bits per heavy atom. The summed E-state index contributed by atoms with van der Waals surface area (Å²) in [5.41, 5.74) is 2.47. The Kier molecular flexibility index (Phi) is 5.09. The Hall–Kier alpha value is -3.06. The van der Waals surface area contributed by atoms with Gasteiger partial charge in [-0.1, -0.05) is 6.07 Å². The molecule has 0 unspecified atom stereocenters. The Labute approximate surface area is 152 Å². The summed E-state index contributed by atoms with van der Waals surface area (Å²) in [6.45, 7) is 0.586. The first-order chi connectivity index (χ1) is 12.5. The number of nitrogens with zero attached hydrogens (tertiary/aromatic N) is 3. The molecule has 3 aromatic rings. The van der Waals surface area contributed by atoms with Crippen molar-refractivity contribution >= 4 is 17.2 Å². The summed E-state index contributed by atoms with van der Waals surface area (Å²) >= 11 is 0. The SMILES string of the molecule is COc1ccc(OC)c(NC(=O)c2nc3ccccn3c2CN(C)C)c1. The minimum absolute atomic E-state index is 0.294. The van der Waals surface area contributed by atoms with Crippen molar-refractivity contribution in [1.82, 2.24) is 14.3 Å². The van der Waals surface area contributed by atoms with Crippen LogP contribution < -0.4 is 14.8 Å². The number of hydrogen-bond donors (Lipinski definition) is 1. The van der Waals surface area contributed by atoms with E-state index in [-0.39, 0.29) is 5.91 Å². The molecular weight excluding hydrogens is 332 g/mol. The fraction of sp³-hybridized carbons (Fsp3) is 0.263. The number of anilines is 1. The number of methoxy groups -OCH3 is 2. The van der Waals surface area contributed by atoms with Crippen LogP contribution in [0.1, 0.15) is 16.2 Å². The van der Waals surface area contributed by atoms with Gasteiger partial charge >= 0.3 is 0 Å². The van der Waals surface area contributed by atoms with Gasteiger partial charge in [-0.15, -0.1) is 0 Å². The molecule has 0 bridgehead atoms. The maximum Gasteiger partial charge on any atom is 0.276 e. The molecule has 26 heavy (non-hydrogen) atoms. The lowest BCUT2D eigenvalue weighted by Gasteiger charge is -2.13. The predicted octanol–water partition coefficient (Wildman–Crippen LogP) is 2.67. The normalized spacial score (nSPS) is 11.0. The molecule has 2 aromatic heterocycles. The monoisotopic (exact) mass is 354 g/mol. The molecule has 1 amide bonds. The van der Waals surface area contributed by atoms with E-state index in [1.807, 2.05) is 47.8 Å². The average Bonchev–Trinajstić information content (AvgIpc) is 3.00. The van der Waals surface area contributed by atoms with Gasteiger partial charge in [0.1, 0.15) is 17.1 Å². The lowest BCUT2D eigenvalue weighted by Crippen LogP contribution is -2.19. The highest BCUT2D eigenvalue weighted by Gasteiger charge is 2.20. The van der Waals surface area contributed by atoms with Gasteiger partial charge in [0.2, 0.25) is 0 Å². The molecule has 0 aliphatic rings. The number of hydrogen-bond acceptors (Lipinski definition) is 5. The molecule has 0 spiro atoms. The molecule has 3 rings (SSSR count). The molecule has 2 heterocycles. The number of aromatic nitrogens is 2. The molecule has 0 saturated carbocycles. The number of amides is 1. The van der Waals surface area contributed by atoms with E-state index in [0.29, 0.717) is 29.4 Å². The second-order valence-electron chi connectivity index (χ2n) is 6.09. The second kappa shape index (κ2) is 7.45. The summed E-state index contributed by atoms with van der Waals surface area (Å²) in [5.74, 6) is 0.888. The van der Waals surface area contributed by atoms with Crippen LogP contribution in [0, 0.1) is 0 Å². The number of benzene rings is 1. The van der Waals surface area contributed by atoms with E-state index in [1.165, 1.54) is 0 Å². The van der Waals surface area contributed by atoms with E-state index >= 15 is 0 Å². The molecule has 7 heteroatoms. The minimum Gasteiger partial charge on any atom is -0.497 e. The zero-order valence-corrected chi connectivity index (χ0v) is 15.3. The quantitative estimate of drug-likeness (QED) is 0.737. The van der Waals surface area contributed by atoms with Crippen LogP contribution in [0.2, 0.25) is 0 Å². The van der Waals surface area contributed by atoms with Gasteiger partial charge in [-0.05, 0) is 38.4 Å². The van der Waals surface area contributed by atoms with Gasteiger partial charge in [0.25, 0.3) is 5.91 Å². The van der Waals surface area contributed by atoms with Gasteiger partial charge in [-0.2, -0.15) is 0 Å². The molecule has 1 N–H and O–H groups in total. The third kappa shape index (κ3) is 3.48. The summed E-state index contributed by atoms with van der Waals surface area (Å²) in [4.78, 5) is 19.5. The van der Waals surface area contributed by atoms with Crippen LogP contribution in [0.25, 0.3) is 5.65 Å². The Morgan fingerprint density at radius 3 is 2.69 bits per heavy atom. The summed E-state index contributed by atoms with van der Waals surface area (Å²) in [7, 11) is 7.04. The highest BCUT2D eigenvalue weighted by atomic mass is 16.5. The first-order valence-electron chi connectivity index (χ1n) is 8.17. The summed E-state index contributed by atoms with van der Waals surface area (Å²) in [5, 5.41) is 2.89. The number of carbonyl (C=O) groups excluding carboxylic acids is 1. The first kappa shape index (κ1) is 17.8. The lowest BCUT2D eigenvalue weighted by atomic mass is 10.2. The number of nitrogens with one attached hydrogen (secondary N) is 1. The minimum atomic E-state index is -0.294. The van der Waals surface area contributed by atoms with E-state index in [1.54, 1.807) is 32.4 Å². The van der Waals surface area contributed by atoms with E-state index in [2.05, 4.69) is 10.3 Å². The number of ether oxygens (including phenoxy) is 2. The Balaban J connectivity index is 2.00. The van der Waals surface area contributed by atoms with Crippen LogP contribution in [-0.4, -0.2) is 48.5 Å². The smallest absolute Gasteiger partial charge is 0.276 e. The molecular formula is C19H22N4O3. The van der Waals surface area contributed by atoms with E-state index in [0.717, 1.165) is 11.3 Å². The molecule has 0 atom stereocenters. The zero-order chi connectivity index (χ0) is 18.7. The summed E-state index contributed by atoms with van der Waals surface area (Å²) in [6, 6.07) is 10.9. The molecule has 0 aliphatic heterocycles. The van der Waals surface area contributed by atoms with Crippen LogP contribution in [0.4, 0.5) is 5.69 Å². The molecule has 0 saturated heterocycles. The van der Waals surface area contributed by atoms with Crippen LogP contribution in [0.3, 0.4) is 0 Å². The number of carbonyl (C=O) groups is 1. The van der Waals surface area contributed by atoms with Gasteiger partial charge < -0.3 is 24.1 Å². The van der Waals surface area contributed by atoms with Crippen molar-refractivity contribution in [2.75, 3.05) is 33.6 Å². The van der Waals surface area contributed by atoms with Crippen molar-refractivity contribution in [3.8, 4) is 11.5 Å². The van der Waals surface area contributed by atoms with Crippen molar-refractivity contribution in [2.24, 2.45) is 0 Å². The van der Waals surface area contributed by atoms with Gasteiger partial charge in [0.05, 0.1) is 25.6 Å². The van der Waals surface area contributed by atoms with Gasteiger partial charge in [-0.3, -0.25) is 4.79 Å². The van der Waals surface area contributed by atoms with E-state index < -0.39 is 0 Å². The van der Waals surface area contributed by atoms with Crippen LogP contribution in [0.15, 0.2) is 42.6 Å². The fourth-order valence-corrected chi connectivity index (χ4v) is 2.77. The largest absolute Gasteiger partial charge is 0.497 e. The predicted molar refractivity (Wildman–Crippen MR) is 100 cm³/mol. The average molecular weight is 354 g/mol. The third-order valence-electron chi connectivity index (χ3n) is 3.96. The van der Waals surface area contributed by atoms with Gasteiger partial charge in [0.15, 0.2) is 5.69 Å². The maximum atomic E-state index is 13.0. The van der Waals surface area contributed by atoms with E-state index in [9.17, 15) is 4.79 Å².